The zero-order valence-corrected chi connectivity index (χ0v) is 43.9. The summed E-state index contributed by atoms with van der Waals surface area (Å²) in [6, 6.07) is 53.3. The minimum atomic E-state index is -0.272. The third-order valence-corrected chi connectivity index (χ3v) is 18.5. The van der Waals surface area contributed by atoms with Gasteiger partial charge in [-0.3, -0.25) is 0 Å². The number of thiophene rings is 1. The van der Waals surface area contributed by atoms with E-state index in [4.69, 9.17) is 0 Å². The Bertz CT molecular complexity index is 4000. The highest BCUT2D eigenvalue weighted by atomic mass is 32.1. The van der Waals surface area contributed by atoms with E-state index in [0.29, 0.717) is 0 Å². The molecule has 0 unspecified atom stereocenters. The number of aromatic nitrogens is 1. The summed E-state index contributed by atoms with van der Waals surface area (Å²) in [5, 5.41) is 5.41. The average Bonchev–Trinajstić information content (AvgIpc) is 3.99. The van der Waals surface area contributed by atoms with Crippen molar-refractivity contribution >= 4 is 82.5 Å². The molecule has 70 heavy (non-hydrogen) atoms. The van der Waals surface area contributed by atoms with Crippen molar-refractivity contribution in [2.45, 2.75) is 117 Å². The minimum Gasteiger partial charge on any atom is -0.376 e. The second-order valence-corrected chi connectivity index (χ2v) is 26.5. The average molecular weight is 925 g/mol. The van der Waals surface area contributed by atoms with Crippen LogP contribution in [0.15, 0.2) is 133 Å². The zero-order chi connectivity index (χ0) is 48.5. The van der Waals surface area contributed by atoms with Gasteiger partial charge in [-0.2, -0.15) is 0 Å². The zero-order valence-electron chi connectivity index (χ0n) is 43.1. The lowest BCUT2D eigenvalue weighted by Gasteiger charge is -2.44. The van der Waals surface area contributed by atoms with Crippen LogP contribution in [-0.2, 0) is 27.1 Å². The number of anilines is 2. The SMILES string of the molecule is CC(C)(C)c1ccc(N2B3c4cc5sc6ccccc6c5cc4-n4c5ccc(C(C)(C)C)cc5c5c6c(c(c3c54)-c3cc4c(cc32)C(C)(C)c2ccc(C(C)(C)C)cc2-4)C(C)(C)c2ccccc2-6)cc1. The topological polar surface area (TPSA) is 8.17 Å². The summed E-state index contributed by atoms with van der Waals surface area (Å²) in [4.78, 5) is 2.78. The summed E-state index contributed by atoms with van der Waals surface area (Å²) in [6.45, 7) is 31.0. The molecule has 0 amide bonds. The van der Waals surface area contributed by atoms with Crippen molar-refractivity contribution in [3.8, 4) is 39.1 Å². The van der Waals surface area contributed by atoms with Gasteiger partial charge in [0.05, 0.1) is 11.0 Å². The Morgan fingerprint density at radius 3 is 1.86 bits per heavy atom. The maximum absolute atomic E-state index is 2.78. The molecule has 2 nitrogen and oxygen atoms in total. The van der Waals surface area contributed by atoms with Gasteiger partial charge in [-0.15, -0.1) is 11.3 Å². The van der Waals surface area contributed by atoms with Gasteiger partial charge in [0.1, 0.15) is 0 Å². The van der Waals surface area contributed by atoms with Crippen molar-refractivity contribution in [2.24, 2.45) is 0 Å². The van der Waals surface area contributed by atoms with Crippen molar-refractivity contribution < 1.29 is 0 Å². The van der Waals surface area contributed by atoms with Gasteiger partial charge in [0.25, 0.3) is 0 Å². The number of fused-ring (bicyclic) bond motifs is 19. The van der Waals surface area contributed by atoms with Crippen LogP contribution in [0, 0.1) is 0 Å². The maximum atomic E-state index is 2.78. The van der Waals surface area contributed by atoms with E-state index in [9.17, 15) is 0 Å². The van der Waals surface area contributed by atoms with E-state index in [1.54, 1.807) is 0 Å². The fourth-order valence-corrected chi connectivity index (χ4v) is 14.8. The first-order valence-corrected chi connectivity index (χ1v) is 26.4. The third kappa shape index (κ3) is 5.36. The molecule has 14 rings (SSSR count). The number of benzene rings is 8. The molecule has 2 aromatic heterocycles. The van der Waals surface area contributed by atoms with Gasteiger partial charge >= 0.3 is 6.85 Å². The summed E-state index contributed by atoms with van der Waals surface area (Å²) in [5.41, 5.74) is 26.9. The molecule has 4 heterocycles. The van der Waals surface area contributed by atoms with Crippen LogP contribution >= 0.6 is 11.3 Å². The molecule has 4 aliphatic rings. The van der Waals surface area contributed by atoms with Crippen LogP contribution in [0.1, 0.15) is 129 Å². The molecule has 0 N–H and O–H groups in total. The van der Waals surface area contributed by atoms with Crippen molar-refractivity contribution in [1.29, 1.82) is 0 Å². The maximum Gasteiger partial charge on any atom is 0.333 e. The first-order chi connectivity index (χ1) is 33.1. The van der Waals surface area contributed by atoms with Gasteiger partial charge in [0.15, 0.2) is 0 Å². The second-order valence-electron chi connectivity index (χ2n) is 25.4. The lowest BCUT2D eigenvalue weighted by atomic mass is 9.43. The molecular formula is C66H61BN2S. The fraction of sp³-hybridized carbons (Fsp3) is 0.273. The van der Waals surface area contributed by atoms with Crippen LogP contribution in [0.4, 0.5) is 11.4 Å². The Kier molecular flexibility index (Phi) is 8.10. The normalized spacial score (nSPS) is 16.0. The molecule has 0 bridgehead atoms. The molecule has 2 aliphatic carbocycles. The van der Waals surface area contributed by atoms with Gasteiger partial charge in [-0.25, -0.2) is 0 Å². The Morgan fingerprint density at radius 2 is 1.11 bits per heavy atom. The van der Waals surface area contributed by atoms with Crippen molar-refractivity contribution in [2.75, 3.05) is 4.81 Å². The monoisotopic (exact) mass is 924 g/mol. The summed E-state index contributed by atoms with van der Waals surface area (Å²) >= 11 is 1.94. The van der Waals surface area contributed by atoms with E-state index < -0.39 is 0 Å². The molecule has 4 heteroatoms. The van der Waals surface area contributed by atoms with Gasteiger partial charge in [0.2, 0.25) is 0 Å². The summed E-state index contributed by atoms with van der Waals surface area (Å²) in [6.07, 6.45) is 0. The van der Waals surface area contributed by atoms with Gasteiger partial charge in [-0.05, 0) is 149 Å². The molecule has 0 saturated carbocycles. The van der Waals surface area contributed by atoms with E-state index in [1.807, 2.05) is 11.3 Å². The Balaban J connectivity index is 1.22. The number of hydrogen-bond acceptors (Lipinski definition) is 2. The largest absolute Gasteiger partial charge is 0.376 e. The van der Waals surface area contributed by atoms with Gasteiger partial charge in [0, 0.05) is 64.4 Å². The first-order valence-electron chi connectivity index (χ1n) is 25.6. The Labute approximate surface area is 418 Å². The third-order valence-electron chi connectivity index (χ3n) is 17.4. The standard InChI is InChI=1S/C66H61BN2S/c1-62(2,3)36-22-26-39(27-23-36)69-52-34-49-43(42-30-37(63(4,5)6)24-28-48(42)65(49,10)11)32-46(52)58-59-56(41-19-14-16-20-47(41)66(59,12)13)57-45-31-38(64(7,8)9)25-29-51(45)68-53-33-44-40-18-15-17-21-54(40)70-55(44)35-50(53)67(69)60(58)61(57)68/h14-35H,1-13H3. The highest BCUT2D eigenvalue weighted by Gasteiger charge is 2.51. The predicted octanol–water partition coefficient (Wildman–Crippen LogP) is 16.9. The smallest absolute Gasteiger partial charge is 0.333 e. The molecule has 0 radical (unpaired) electrons. The van der Waals surface area contributed by atoms with Crippen LogP contribution in [-0.4, -0.2) is 11.4 Å². The van der Waals surface area contributed by atoms with E-state index in [-0.39, 0.29) is 33.9 Å². The van der Waals surface area contributed by atoms with Crippen LogP contribution in [0.2, 0.25) is 0 Å². The van der Waals surface area contributed by atoms with Crippen molar-refractivity contribution in [3.63, 3.8) is 0 Å². The summed E-state index contributed by atoms with van der Waals surface area (Å²) in [5.74, 6) is 0. The molecular weight excluding hydrogens is 864 g/mol. The van der Waals surface area contributed by atoms with Gasteiger partial charge < -0.3 is 9.38 Å². The van der Waals surface area contributed by atoms with E-state index >= 15 is 0 Å². The van der Waals surface area contributed by atoms with Crippen molar-refractivity contribution in [3.05, 3.63) is 172 Å². The molecule has 2 aliphatic heterocycles. The quantitative estimate of drug-likeness (QED) is 0.149. The van der Waals surface area contributed by atoms with Gasteiger partial charge in [-0.1, -0.05) is 169 Å². The van der Waals surface area contributed by atoms with Crippen molar-refractivity contribution in [1.82, 2.24) is 4.57 Å². The lowest BCUT2D eigenvalue weighted by Crippen LogP contribution is -2.61. The minimum absolute atomic E-state index is 0.0220. The number of hydrogen-bond donors (Lipinski definition) is 0. The Hall–Kier alpha value is -6.36. The summed E-state index contributed by atoms with van der Waals surface area (Å²) in [7, 11) is 0. The first kappa shape index (κ1) is 42.5. The molecule has 10 aromatic rings. The van der Waals surface area contributed by atoms with E-state index in [2.05, 4.69) is 233 Å². The molecule has 8 aromatic carbocycles. The second kappa shape index (κ2) is 13.3. The number of rotatable bonds is 1. The molecule has 344 valence electrons. The predicted molar refractivity (Wildman–Crippen MR) is 304 cm³/mol. The number of nitrogens with zero attached hydrogens (tertiary/aromatic N) is 2. The van der Waals surface area contributed by atoms with Crippen LogP contribution < -0.4 is 15.7 Å². The van der Waals surface area contributed by atoms with Crippen LogP contribution in [0.25, 0.3) is 81.0 Å². The lowest BCUT2D eigenvalue weighted by molar-refractivity contribution is 0.589. The molecule has 0 fully saturated rings. The highest BCUT2D eigenvalue weighted by Crippen LogP contribution is 2.61. The van der Waals surface area contributed by atoms with Crippen LogP contribution in [0.5, 0.6) is 0 Å². The highest BCUT2D eigenvalue weighted by molar-refractivity contribution is 7.26. The van der Waals surface area contributed by atoms with Crippen LogP contribution in [0.3, 0.4) is 0 Å². The Morgan fingerprint density at radius 1 is 0.471 bits per heavy atom. The van der Waals surface area contributed by atoms with E-state index in [1.165, 1.54) is 142 Å². The molecule has 0 saturated heterocycles. The molecule has 0 atom stereocenters. The summed E-state index contributed by atoms with van der Waals surface area (Å²) < 4.78 is 5.40. The van der Waals surface area contributed by atoms with E-state index in [0.717, 1.165) is 0 Å². The molecule has 0 spiro atoms. The fourth-order valence-electron chi connectivity index (χ4n) is 13.7.